The van der Waals surface area contributed by atoms with E-state index in [-0.39, 0.29) is 29.0 Å². The molecule has 1 saturated carbocycles. The fourth-order valence-corrected chi connectivity index (χ4v) is 8.53. The van der Waals surface area contributed by atoms with Crippen LogP contribution in [0.1, 0.15) is 29.9 Å². The van der Waals surface area contributed by atoms with Crippen LogP contribution >= 0.6 is 23.2 Å². The normalized spacial score (nSPS) is 28.9. The summed E-state index contributed by atoms with van der Waals surface area (Å²) in [4.78, 5) is 57.5. The first-order valence-electron chi connectivity index (χ1n) is 14.6. The van der Waals surface area contributed by atoms with Crippen LogP contribution in [0.25, 0.3) is 0 Å². The van der Waals surface area contributed by atoms with Crippen molar-refractivity contribution in [3.05, 3.63) is 99.6 Å². The fraction of sp³-hybridized carbons (Fsp3) is 0.294. The molecule has 0 bridgehead atoms. The number of methoxy groups -OCH3 is 1. The molecule has 230 valence electrons. The zero-order valence-electron chi connectivity index (χ0n) is 24.4. The zero-order chi connectivity index (χ0) is 31.8. The summed E-state index contributed by atoms with van der Waals surface area (Å²) in [6.07, 6.45) is 2.40. The first-order chi connectivity index (χ1) is 21.6. The van der Waals surface area contributed by atoms with Gasteiger partial charge in [-0.1, -0.05) is 65.2 Å². The number of phenols is 1. The van der Waals surface area contributed by atoms with Gasteiger partial charge in [-0.2, -0.15) is 5.01 Å². The van der Waals surface area contributed by atoms with Crippen LogP contribution in [-0.4, -0.2) is 52.8 Å². The number of likely N-dealkylation sites (tertiary alicyclic amines) is 1. The molecule has 3 aromatic rings. The first kappa shape index (κ1) is 29.4. The minimum absolute atomic E-state index is 0.0452. The highest BCUT2D eigenvalue weighted by molar-refractivity contribution is 6.36. The third-order valence-electron chi connectivity index (χ3n) is 10.0. The predicted octanol–water partition coefficient (Wildman–Crippen LogP) is 5.32. The number of hydrazine groups is 1. The third kappa shape index (κ3) is 4.13. The number of allylic oxidation sites excluding steroid dienone is 2. The predicted molar refractivity (Wildman–Crippen MR) is 167 cm³/mol. The third-order valence-corrected chi connectivity index (χ3v) is 10.6. The number of carbonyl (C=O) groups excluding carboxylic acids is 4. The summed E-state index contributed by atoms with van der Waals surface area (Å²) >= 11 is 12.6. The van der Waals surface area contributed by atoms with Gasteiger partial charge in [0.15, 0.2) is 0 Å². The van der Waals surface area contributed by atoms with E-state index >= 15 is 4.79 Å². The lowest BCUT2D eigenvalue weighted by molar-refractivity contribution is -0.140. The number of nitrogens with one attached hydrogen (secondary N) is 1. The standard InChI is InChI=1S/C34H29Cl2N3O6/c1-38-30(41)22-13-12-20-23(28(22)32(38)43)16-24-31(42)39(37-26-14-9-18(35)15-25(26)36)33(44)34(24,17-7-10-19(45-2)11-8-17)29(20)21-5-3-4-6-27(21)40/h3-12,14-15,22-24,28-29,37,40H,13,16H2,1-2H3. The van der Waals surface area contributed by atoms with Crippen LogP contribution in [0.15, 0.2) is 78.4 Å². The monoisotopic (exact) mass is 645 g/mol. The van der Waals surface area contributed by atoms with Gasteiger partial charge in [0.05, 0.1) is 41.0 Å². The molecule has 9 nitrogen and oxygen atoms in total. The molecule has 0 spiro atoms. The van der Waals surface area contributed by atoms with Gasteiger partial charge in [0.25, 0.3) is 11.8 Å². The number of hydrogen-bond acceptors (Lipinski definition) is 7. The summed E-state index contributed by atoms with van der Waals surface area (Å²) in [5.41, 5.74) is 3.50. The van der Waals surface area contributed by atoms with Crippen LogP contribution in [-0.2, 0) is 24.6 Å². The molecule has 4 aliphatic rings. The summed E-state index contributed by atoms with van der Waals surface area (Å²) < 4.78 is 5.41. The number of ether oxygens (including phenoxy) is 1. The fourth-order valence-electron chi connectivity index (χ4n) is 8.08. The quantitative estimate of drug-likeness (QED) is 0.285. The van der Waals surface area contributed by atoms with Gasteiger partial charge in [-0.25, -0.2) is 0 Å². The van der Waals surface area contributed by atoms with Crippen molar-refractivity contribution in [3.63, 3.8) is 0 Å². The van der Waals surface area contributed by atoms with E-state index < -0.39 is 46.8 Å². The van der Waals surface area contributed by atoms with Crippen LogP contribution in [0.2, 0.25) is 10.0 Å². The smallest absolute Gasteiger partial charge is 0.260 e. The minimum Gasteiger partial charge on any atom is -0.508 e. The van der Waals surface area contributed by atoms with Gasteiger partial charge in [0.2, 0.25) is 11.8 Å². The van der Waals surface area contributed by atoms with Gasteiger partial charge in [0.1, 0.15) is 11.5 Å². The van der Waals surface area contributed by atoms with Crippen LogP contribution in [0.3, 0.4) is 0 Å². The molecule has 2 aliphatic heterocycles. The number of carbonyl (C=O) groups is 4. The number of halogens is 2. The molecule has 3 fully saturated rings. The Morgan fingerprint density at radius 1 is 0.933 bits per heavy atom. The molecule has 4 amide bonds. The number of phenolic OH excluding ortho intramolecular Hbond substituents is 1. The topological polar surface area (TPSA) is 116 Å². The summed E-state index contributed by atoms with van der Waals surface area (Å²) in [5, 5.41) is 12.9. The van der Waals surface area contributed by atoms with Gasteiger partial charge in [-0.3, -0.25) is 29.5 Å². The highest BCUT2D eigenvalue weighted by Crippen LogP contribution is 2.64. The molecule has 7 rings (SSSR count). The SMILES string of the molecule is COc1ccc(C23C(=O)N(Nc4ccc(Cl)cc4Cl)C(=O)C2CC2C(=CCC4C(=O)N(C)C(=O)C42)C3c2ccccc2O)cc1. The van der Waals surface area contributed by atoms with Gasteiger partial charge in [-0.15, -0.1) is 0 Å². The summed E-state index contributed by atoms with van der Waals surface area (Å²) in [5.74, 6) is -4.61. The number of hydrogen-bond donors (Lipinski definition) is 2. The largest absolute Gasteiger partial charge is 0.508 e. The average Bonchev–Trinajstić information content (AvgIpc) is 3.39. The van der Waals surface area contributed by atoms with E-state index in [4.69, 9.17) is 27.9 Å². The highest BCUT2D eigenvalue weighted by Gasteiger charge is 2.70. The molecule has 11 heteroatoms. The van der Waals surface area contributed by atoms with E-state index in [1.807, 2.05) is 6.08 Å². The van der Waals surface area contributed by atoms with Crippen LogP contribution in [0, 0.1) is 23.7 Å². The number of anilines is 1. The second kappa shape index (κ2) is 10.6. The lowest BCUT2D eigenvalue weighted by Crippen LogP contribution is -2.53. The van der Waals surface area contributed by atoms with Gasteiger partial charge in [-0.05, 0) is 60.7 Å². The maximum Gasteiger partial charge on any atom is 0.260 e. The number of aromatic hydroxyl groups is 1. The number of nitrogens with zero attached hydrogens (tertiary/aromatic N) is 2. The number of para-hydroxylation sites is 1. The Morgan fingerprint density at radius 2 is 1.67 bits per heavy atom. The van der Waals surface area contributed by atoms with Crippen molar-refractivity contribution in [2.75, 3.05) is 19.6 Å². The molecule has 0 radical (unpaired) electrons. The van der Waals surface area contributed by atoms with Crippen molar-refractivity contribution in [2.24, 2.45) is 23.7 Å². The Bertz CT molecular complexity index is 1810. The van der Waals surface area contributed by atoms with Crippen molar-refractivity contribution in [1.82, 2.24) is 9.91 Å². The van der Waals surface area contributed by atoms with Crippen molar-refractivity contribution in [1.29, 1.82) is 0 Å². The number of amides is 4. The number of imide groups is 2. The lowest BCUT2D eigenvalue weighted by Gasteiger charge is -2.50. The highest BCUT2D eigenvalue weighted by atomic mass is 35.5. The molecule has 2 heterocycles. The van der Waals surface area contributed by atoms with E-state index in [1.165, 1.54) is 25.1 Å². The van der Waals surface area contributed by atoms with E-state index in [0.717, 1.165) is 10.6 Å². The molecule has 6 atom stereocenters. The van der Waals surface area contributed by atoms with Gasteiger partial charge < -0.3 is 9.84 Å². The van der Waals surface area contributed by atoms with E-state index in [9.17, 15) is 19.5 Å². The Kier molecular flexibility index (Phi) is 6.94. The van der Waals surface area contributed by atoms with Crippen LogP contribution in [0.5, 0.6) is 11.5 Å². The Balaban J connectivity index is 1.48. The second-order valence-electron chi connectivity index (χ2n) is 12.0. The molecule has 6 unspecified atom stereocenters. The summed E-state index contributed by atoms with van der Waals surface area (Å²) in [6.45, 7) is 0. The van der Waals surface area contributed by atoms with Gasteiger partial charge in [0, 0.05) is 23.6 Å². The zero-order valence-corrected chi connectivity index (χ0v) is 25.9. The van der Waals surface area contributed by atoms with E-state index in [0.29, 0.717) is 34.0 Å². The summed E-state index contributed by atoms with van der Waals surface area (Å²) in [7, 11) is 3.03. The Morgan fingerprint density at radius 3 is 2.36 bits per heavy atom. The van der Waals surface area contributed by atoms with Gasteiger partial charge >= 0.3 is 0 Å². The number of fused-ring (bicyclic) bond motifs is 4. The maximum absolute atomic E-state index is 15.1. The van der Waals surface area contributed by atoms with E-state index in [2.05, 4.69) is 5.43 Å². The van der Waals surface area contributed by atoms with Crippen molar-refractivity contribution >= 4 is 52.5 Å². The van der Waals surface area contributed by atoms with Crippen molar-refractivity contribution in [2.45, 2.75) is 24.2 Å². The average molecular weight is 647 g/mol. The van der Waals surface area contributed by atoms with E-state index in [1.54, 1.807) is 60.7 Å². The molecular formula is C34H29Cl2N3O6. The number of rotatable bonds is 5. The summed E-state index contributed by atoms with van der Waals surface area (Å²) in [6, 6.07) is 18.4. The first-order valence-corrected chi connectivity index (χ1v) is 15.4. The molecule has 45 heavy (non-hydrogen) atoms. The maximum atomic E-state index is 15.1. The van der Waals surface area contributed by atoms with Crippen molar-refractivity contribution in [3.8, 4) is 11.5 Å². The van der Waals surface area contributed by atoms with Crippen LogP contribution in [0.4, 0.5) is 5.69 Å². The molecule has 3 aromatic carbocycles. The molecule has 2 saturated heterocycles. The Labute approximate surface area is 269 Å². The van der Waals surface area contributed by atoms with Crippen LogP contribution < -0.4 is 10.2 Å². The molecule has 2 aliphatic carbocycles. The molecule has 0 aromatic heterocycles. The molecular weight excluding hydrogens is 617 g/mol. The second-order valence-corrected chi connectivity index (χ2v) is 12.9. The molecule has 2 N–H and O–H groups in total. The lowest BCUT2D eigenvalue weighted by atomic mass is 9.49. The van der Waals surface area contributed by atoms with Crippen molar-refractivity contribution < 1.29 is 29.0 Å². The Hall–Kier alpha value is -4.34. The minimum atomic E-state index is -1.53. The number of benzene rings is 3.